The number of pyridine rings is 1. The number of nitrogens with zero attached hydrogens (tertiary/aromatic N) is 3. The van der Waals surface area contributed by atoms with Crippen LogP contribution in [0.15, 0.2) is 42.1 Å². The van der Waals surface area contributed by atoms with Gasteiger partial charge in [0.15, 0.2) is 0 Å². The summed E-state index contributed by atoms with van der Waals surface area (Å²) < 4.78 is 26.6. The van der Waals surface area contributed by atoms with Crippen molar-refractivity contribution in [3.05, 3.63) is 42.7 Å². The Bertz CT molecular complexity index is 750. The molecule has 0 saturated carbocycles. The normalized spacial score (nSPS) is 10.4. The Balaban J connectivity index is 2.30. The van der Waals surface area contributed by atoms with E-state index in [0.29, 0.717) is 5.56 Å². The maximum Gasteiger partial charge on any atom is 0.263 e. The second-order valence-corrected chi connectivity index (χ2v) is 5.33. The Morgan fingerprint density at radius 3 is 2.60 bits per heavy atom. The van der Waals surface area contributed by atoms with Gasteiger partial charge in [-0.05, 0) is 6.07 Å². The highest BCUT2D eigenvalue weighted by molar-refractivity contribution is 7.92. The van der Waals surface area contributed by atoms with Crippen molar-refractivity contribution < 1.29 is 8.42 Å². The van der Waals surface area contributed by atoms with Crippen LogP contribution in [0, 0.1) is 11.8 Å². The van der Waals surface area contributed by atoms with Crippen LogP contribution in [0.5, 0.6) is 0 Å². The van der Waals surface area contributed by atoms with Crippen LogP contribution < -0.4 is 10.5 Å². The van der Waals surface area contributed by atoms with E-state index in [1.54, 1.807) is 0 Å². The molecule has 0 unspecified atom stereocenters. The molecule has 0 saturated heterocycles. The predicted molar refractivity (Wildman–Crippen MR) is 73.0 cm³/mol. The van der Waals surface area contributed by atoms with Crippen LogP contribution in [-0.4, -0.2) is 29.9 Å². The van der Waals surface area contributed by atoms with Gasteiger partial charge in [-0.3, -0.25) is 9.71 Å². The van der Waals surface area contributed by atoms with Gasteiger partial charge in [0.2, 0.25) is 0 Å². The number of rotatable bonds is 3. The number of aromatic nitrogens is 3. The molecule has 2 aromatic rings. The van der Waals surface area contributed by atoms with Gasteiger partial charge >= 0.3 is 0 Å². The van der Waals surface area contributed by atoms with Gasteiger partial charge < -0.3 is 5.73 Å². The van der Waals surface area contributed by atoms with Gasteiger partial charge in [0.05, 0.1) is 24.6 Å². The van der Waals surface area contributed by atoms with Crippen LogP contribution in [-0.2, 0) is 10.0 Å². The van der Waals surface area contributed by atoms with Crippen molar-refractivity contribution in [3.8, 4) is 11.8 Å². The van der Waals surface area contributed by atoms with Crippen LogP contribution in [0.3, 0.4) is 0 Å². The molecule has 0 aromatic carbocycles. The molecule has 8 heteroatoms. The maximum atomic E-state index is 12.1. The summed E-state index contributed by atoms with van der Waals surface area (Å²) in [5.74, 6) is 5.36. The van der Waals surface area contributed by atoms with Crippen molar-refractivity contribution >= 4 is 15.7 Å². The first-order valence-corrected chi connectivity index (χ1v) is 7.02. The fourth-order valence-electron chi connectivity index (χ4n) is 1.35. The van der Waals surface area contributed by atoms with Gasteiger partial charge in [0.25, 0.3) is 10.0 Å². The third-order valence-corrected chi connectivity index (χ3v) is 3.52. The van der Waals surface area contributed by atoms with Gasteiger partial charge in [0.1, 0.15) is 11.2 Å². The largest absolute Gasteiger partial charge is 0.320 e. The second kappa shape index (κ2) is 6.10. The molecule has 102 valence electrons. The number of nitrogens with two attached hydrogens (primary N) is 1. The first kappa shape index (κ1) is 13.9. The van der Waals surface area contributed by atoms with E-state index in [1.165, 1.54) is 37.2 Å². The highest BCUT2D eigenvalue weighted by Crippen LogP contribution is 2.14. The smallest absolute Gasteiger partial charge is 0.263 e. The number of nitrogens with one attached hydrogen (secondary N) is 1. The molecule has 0 amide bonds. The summed E-state index contributed by atoms with van der Waals surface area (Å²) in [6.07, 6.45) is 6.72. The minimum atomic E-state index is -3.75. The molecule has 2 heterocycles. The molecular weight excluding hydrogens is 278 g/mol. The van der Waals surface area contributed by atoms with Crippen LogP contribution in [0.4, 0.5) is 5.69 Å². The SMILES string of the molecule is NCC#Cc1cncc(S(=O)(=O)Nc2cncnc2)c1. The lowest BCUT2D eigenvalue weighted by Crippen LogP contribution is -2.13. The second-order valence-electron chi connectivity index (χ2n) is 3.65. The van der Waals surface area contributed by atoms with Gasteiger partial charge in [-0.15, -0.1) is 0 Å². The summed E-state index contributed by atoms with van der Waals surface area (Å²) in [5, 5.41) is 0. The summed E-state index contributed by atoms with van der Waals surface area (Å²) >= 11 is 0. The first-order chi connectivity index (χ1) is 9.62. The molecule has 20 heavy (non-hydrogen) atoms. The van der Waals surface area contributed by atoms with Gasteiger partial charge in [0, 0.05) is 18.0 Å². The van der Waals surface area contributed by atoms with Crippen LogP contribution >= 0.6 is 0 Å². The molecule has 0 atom stereocenters. The molecule has 3 N–H and O–H groups in total. The minimum Gasteiger partial charge on any atom is -0.320 e. The van der Waals surface area contributed by atoms with Crippen molar-refractivity contribution in [2.45, 2.75) is 4.90 Å². The Kier molecular flexibility index (Phi) is 4.24. The van der Waals surface area contributed by atoms with E-state index in [-0.39, 0.29) is 17.1 Å². The summed E-state index contributed by atoms with van der Waals surface area (Å²) in [5.41, 5.74) is 6.01. The van der Waals surface area contributed by atoms with Crippen molar-refractivity contribution in [3.63, 3.8) is 0 Å². The van der Waals surface area contributed by atoms with Crippen LogP contribution in [0.25, 0.3) is 0 Å². The van der Waals surface area contributed by atoms with E-state index >= 15 is 0 Å². The third kappa shape index (κ3) is 3.50. The molecule has 0 spiro atoms. The summed E-state index contributed by atoms with van der Waals surface area (Å²) in [6.45, 7) is 0.191. The Hall–Kier alpha value is -2.50. The fourth-order valence-corrected chi connectivity index (χ4v) is 2.37. The average molecular weight is 289 g/mol. The molecule has 0 bridgehead atoms. The van der Waals surface area contributed by atoms with Gasteiger partial charge in [-0.2, -0.15) is 0 Å². The number of hydrogen-bond acceptors (Lipinski definition) is 6. The Morgan fingerprint density at radius 1 is 1.15 bits per heavy atom. The maximum absolute atomic E-state index is 12.1. The molecular formula is C12H11N5O2S. The Morgan fingerprint density at radius 2 is 1.90 bits per heavy atom. The lowest BCUT2D eigenvalue weighted by molar-refractivity contribution is 0.600. The number of hydrogen-bond donors (Lipinski definition) is 2. The van der Waals surface area contributed by atoms with Crippen molar-refractivity contribution in [1.82, 2.24) is 15.0 Å². The van der Waals surface area contributed by atoms with E-state index < -0.39 is 10.0 Å². The van der Waals surface area contributed by atoms with Crippen LogP contribution in [0.2, 0.25) is 0 Å². The zero-order valence-electron chi connectivity index (χ0n) is 10.3. The van der Waals surface area contributed by atoms with Gasteiger partial charge in [-0.25, -0.2) is 18.4 Å². The molecule has 7 nitrogen and oxygen atoms in total. The lowest BCUT2D eigenvalue weighted by atomic mass is 10.3. The molecule has 0 radical (unpaired) electrons. The summed E-state index contributed by atoms with van der Waals surface area (Å²) in [4.78, 5) is 11.3. The lowest BCUT2D eigenvalue weighted by Gasteiger charge is -2.06. The predicted octanol–water partition coefficient (Wildman–Crippen LogP) is -0.0174. The van der Waals surface area contributed by atoms with E-state index in [1.807, 2.05) is 0 Å². The first-order valence-electron chi connectivity index (χ1n) is 5.53. The zero-order valence-corrected chi connectivity index (χ0v) is 11.1. The highest BCUT2D eigenvalue weighted by atomic mass is 32.2. The summed E-state index contributed by atoms with van der Waals surface area (Å²) in [6, 6.07) is 1.42. The quantitative estimate of drug-likeness (QED) is 0.768. The highest BCUT2D eigenvalue weighted by Gasteiger charge is 2.15. The monoisotopic (exact) mass is 289 g/mol. The average Bonchev–Trinajstić information content (AvgIpc) is 2.46. The van der Waals surface area contributed by atoms with E-state index in [9.17, 15) is 8.42 Å². The number of anilines is 1. The molecule has 0 aliphatic carbocycles. The standard InChI is InChI=1S/C12H11N5O2S/c13-3-1-2-10-4-12(8-14-5-10)20(18,19)17-11-6-15-9-16-7-11/h4-9,17H,3,13H2. The van der Waals surface area contributed by atoms with Crippen molar-refractivity contribution in [1.29, 1.82) is 0 Å². The minimum absolute atomic E-state index is 0.00479. The molecule has 0 aliphatic heterocycles. The molecule has 0 aliphatic rings. The van der Waals surface area contributed by atoms with E-state index in [0.717, 1.165) is 0 Å². The van der Waals surface area contributed by atoms with Crippen molar-refractivity contribution in [2.75, 3.05) is 11.3 Å². The van der Waals surface area contributed by atoms with Crippen LogP contribution in [0.1, 0.15) is 5.56 Å². The van der Waals surface area contributed by atoms with E-state index in [4.69, 9.17) is 5.73 Å². The third-order valence-electron chi connectivity index (χ3n) is 2.17. The fraction of sp³-hybridized carbons (Fsp3) is 0.0833. The summed E-state index contributed by atoms with van der Waals surface area (Å²) in [7, 11) is -3.75. The topological polar surface area (TPSA) is 111 Å². The molecule has 2 aromatic heterocycles. The Labute approximate surface area is 116 Å². The van der Waals surface area contributed by atoms with Gasteiger partial charge in [-0.1, -0.05) is 11.8 Å². The molecule has 0 fully saturated rings. The zero-order chi connectivity index (χ0) is 14.4. The van der Waals surface area contributed by atoms with Crippen molar-refractivity contribution in [2.24, 2.45) is 5.73 Å². The van der Waals surface area contributed by atoms with E-state index in [2.05, 4.69) is 31.5 Å². The molecule has 2 rings (SSSR count). The number of sulfonamides is 1.